The molecule has 4 unspecified atom stereocenters. The first kappa shape index (κ1) is 26.7. The van der Waals surface area contributed by atoms with Crippen molar-refractivity contribution in [2.24, 2.45) is 5.41 Å². The molecule has 0 bridgehead atoms. The van der Waals surface area contributed by atoms with Gasteiger partial charge >= 0.3 is 5.97 Å². The van der Waals surface area contributed by atoms with Gasteiger partial charge in [0.2, 0.25) is 0 Å². The van der Waals surface area contributed by atoms with E-state index in [1.165, 1.54) is 6.07 Å². The van der Waals surface area contributed by atoms with Gasteiger partial charge in [-0.15, -0.1) is 0 Å². The Morgan fingerprint density at radius 3 is 2.41 bits per heavy atom. The van der Waals surface area contributed by atoms with E-state index < -0.39 is 40.8 Å². The molecule has 2 aromatic rings. The summed E-state index contributed by atoms with van der Waals surface area (Å²) < 4.78 is 22.1. The Hall–Kier alpha value is -1.94. The van der Waals surface area contributed by atoms with Crippen LogP contribution in [0.15, 0.2) is 46.9 Å². The molecule has 1 aliphatic heterocycles. The molecule has 4 nitrogen and oxygen atoms in total. The van der Waals surface area contributed by atoms with Crippen LogP contribution in [0, 0.1) is 22.6 Å². The summed E-state index contributed by atoms with van der Waals surface area (Å²) in [7, 11) is 0. The molecule has 3 rings (SSSR count). The van der Waals surface area contributed by atoms with Crippen molar-refractivity contribution in [3.63, 3.8) is 0 Å². The Bertz CT molecular complexity index is 1120. The lowest BCUT2D eigenvalue weighted by atomic mass is 9.63. The highest BCUT2D eigenvalue weighted by molar-refractivity contribution is 9.10. The average Bonchev–Trinajstić information content (AvgIpc) is 3.00. The smallest absolute Gasteiger partial charge is 0.324 e. The van der Waals surface area contributed by atoms with Crippen molar-refractivity contribution >= 4 is 33.5 Å². The van der Waals surface area contributed by atoms with E-state index in [0.717, 1.165) is 10.0 Å². The summed E-state index contributed by atoms with van der Waals surface area (Å²) in [4.78, 5) is 13.5. The van der Waals surface area contributed by atoms with Crippen LogP contribution < -0.4 is 5.32 Å². The van der Waals surface area contributed by atoms with Gasteiger partial charge < -0.3 is 4.74 Å². The molecule has 0 aliphatic carbocycles. The largest absolute Gasteiger partial charge is 0.459 e. The zero-order chi connectivity index (χ0) is 25.5. The van der Waals surface area contributed by atoms with E-state index in [4.69, 9.17) is 16.3 Å². The van der Waals surface area contributed by atoms with E-state index in [1.54, 1.807) is 32.9 Å². The number of hydrogen-bond acceptors (Lipinski definition) is 4. The van der Waals surface area contributed by atoms with Gasteiger partial charge in [0.1, 0.15) is 22.9 Å². The predicted octanol–water partition coefficient (Wildman–Crippen LogP) is 6.91. The number of carbonyl (C=O) groups is 1. The maximum absolute atomic E-state index is 15.5. The second kappa shape index (κ2) is 9.60. The number of nitrogens with one attached hydrogen (secondary N) is 1. The first-order valence-electron chi connectivity index (χ1n) is 11.3. The van der Waals surface area contributed by atoms with Gasteiger partial charge in [0, 0.05) is 27.0 Å². The van der Waals surface area contributed by atoms with Crippen molar-refractivity contribution in [2.75, 3.05) is 0 Å². The number of rotatable bonds is 4. The summed E-state index contributed by atoms with van der Waals surface area (Å²) in [6.45, 7) is 11.6. The lowest BCUT2D eigenvalue weighted by molar-refractivity contribution is -0.157. The first-order chi connectivity index (χ1) is 15.7. The fourth-order valence-electron chi connectivity index (χ4n) is 4.87. The highest BCUT2D eigenvalue weighted by atomic mass is 79.9. The minimum atomic E-state index is -1.38. The topological polar surface area (TPSA) is 62.1 Å². The second-order valence-electron chi connectivity index (χ2n) is 11.1. The van der Waals surface area contributed by atoms with E-state index >= 15 is 4.39 Å². The van der Waals surface area contributed by atoms with Gasteiger partial charge in [-0.1, -0.05) is 66.5 Å². The van der Waals surface area contributed by atoms with Crippen LogP contribution in [-0.4, -0.2) is 23.7 Å². The maximum atomic E-state index is 15.5. The van der Waals surface area contributed by atoms with E-state index in [0.29, 0.717) is 6.42 Å². The summed E-state index contributed by atoms with van der Waals surface area (Å²) in [6, 6.07) is 13.0. The standard InChI is InChI=1S/C27H31BrClFN2O2/c1-25(2,3)14-21-27(15-31,19-11-10-18(29)13-20(19)30)22(16-8-7-9-17(28)12-16)23(32-21)24(33)34-26(4,5)6/h7-13,21-23,32H,14H2,1-6H3. The van der Waals surface area contributed by atoms with Crippen molar-refractivity contribution in [3.8, 4) is 6.07 Å². The molecular weight excluding hydrogens is 519 g/mol. The van der Waals surface area contributed by atoms with E-state index in [-0.39, 0.29) is 16.0 Å². The van der Waals surface area contributed by atoms with Gasteiger partial charge in [-0.3, -0.25) is 10.1 Å². The summed E-state index contributed by atoms with van der Waals surface area (Å²) in [5, 5.41) is 14.5. The van der Waals surface area contributed by atoms with Crippen LogP contribution in [0.25, 0.3) is 0 Å². The fraction of sp³-hybridized carbons (Fsp3) is 0.481. The van der Waals surface area contributed by atoms with Crippen molar-refractivity contribution < 1.29 is 13.9 Å². The van der Waals surface area contributed by atoms with Crippen LogP contribution in [0.2, 0.25) is 5.02 Å². The SMILES string of the molecule is CC(C)(C)CC1NC(C(=O)OC(C)(C)C)C(c2cccc(Br)c2)C1(C#N)c1ccc(Cl)cc1F. The lowest BCUT2D eigenvalue weighted by Gasteiger charge is -2.37. The normalized spacial score (nSPS) is 25.1. The number of ether oxygens (including phenoxy) is 1. The van der Waals surface area contributed by atoms with Gasteiger partial charge in [-0.25, -0.2) is 4.39 Å². The number of esters is 1. The molecule has 0 spiro atoms. The molecule has 1 heterocycles. The predicted molar refractivity (Wildman–Crippen MR) is 136 cm³/mol. The molecule has 182 valence electrons. The fourth-order valence-corrected chi connectivity index (χ4v) is 5.44. The average molecular weight is 550 g/mol. The Kier molecular flexibility index (Phi) is 7.53. The third-order valence-electron chi connectivity index (χ3n) is 6.00. The molecule has 0 saturated carbocycles. The molecule has 2 aromatic carbocycles. The minimum absolute atomic E-state index is 0.201. The van der Waals surface area contributed by atoms with Crippen LogP contribution >= 0.6 is 27.5 Å². The molecule has 7 heteroatoms. The van der Waals surface area contributed by atoms with E-state index in [2.05, 4.69) is 48.1 Å². The Morgan fingerprint density at radius 1 is 1.21 bits per heavy atom. The van der Waals surface area contributed by atoms with Gasteiger partial charge in [-0.2, -0.15) is 5.26 Å². The highest BCUT2D eigenvalue weighted by Crippen LogP contribution is 2.52. The number of nitriles is 1. The Morgan fingerprint density at radius 2 is 1.88 bits per heavy atom. The second-order valence-corrected chi connectivity index (χ2v) is 12.5. The molecule has 1 saturated heterocycles. The molecule has 34 heavy (non-hydrogen) atoms. The van der Waals surface area contributed by atoms with E-state index in [9.17, 15) is 10.1 Å². The number of carbonyl (C=O) groups excluding carboxylic acids is 1. The van der Waals surface area contributed by atoms with Crippen LogP contribution in [0.3, 0.4) is 0 Å². The molecule has 1 N–H and O–H groups in total. The van der Waals surface area contributed by atoms with Gasteiger partial charge in [0.15, 0.2) is 0 Å². The zero-order valence-electron chi connectivity index (χ0n) is 20.4. The molecule has 0 amide bonds. The monoisotopic (exact) mass is 548 g/mol. The maximum Gasteiger partial charge on any atom is 0.324 e. The molecule has 0 radical (unpaired) electrons. The summed E-state index contributed by atoms with van der Waals surface area (Å²) in [5.41, 5.74) is -1.34. The zero-order valence-corrected chi connectivity index (χ0v) is 22.7. The lowest BCUT2D eigenvalue weighted by Crippen LogP contribution is -2.44. The molecule has 0 aromatic heterocycles. The molecule has 1 fully saturated rings. The number of benzene rings is 2. The number of nitrogens with zero attached hydrogens (tertiary/aromatic N) is 1. The molecule has 1 aliphatic rings. The number of halogens is 3. The van der Waals surface area contributed by atoms with Crippen LogP contribution in [0.1, 0.15) is 65.0 Å². The summed E-state index contributed by atoms with van der Waals surface area (Å²) in [6.07, 6.45) is 0.534. The summed E-state index contributed by atoms with van der Waals surface area (Å²) >= 11 is 9.57. The third kappa shape index (κ3) is 5.48. The van der Waals surface area contributed by atoms with Crippen molar-refractivity contribution in [2.45, 2.75) is 77.0 Å². The van der Waals surface area contributed by atoms with Crippen molar-refractivity contribution in [1.29, 1.82) is 5.26 Å². The van der Waals surface area contributed by atoms with Gasteiger partial charge in [0.25, 0.3) is 0 Å². The van der Waals surface area contributed by atoms with Gasteiger partial charge in [0.05, 0.1) is 6.07 Å². The van der Waals surface area contributed by atoms with Crippen LogP contribution in [0.5, 0.6) is 0 Å². The summed E-state index contributed by atoms with van der Waals surface area (Å²) in [5.74, 6) is -1.74. The molecule has 4 atom stereocenters. The quantitative estimate of drug-likeness (QED) is 0.421. The minimum Gasteiger partial charge on any atom is -0.459 e. The highest BCUT2D eigenvalue weighted by Gasteiger charge is 2.61. The van der Waals surface area contributed by atoms with E-state index in [1.807, 2.05) is 24.3 Å². The Balaban J connectivity index is 2.32. The number of hydrogen-bond donors (Lipinski definition) is 1. The molecular formula is C27H31BrClFN2O2. The van der Waals surface area contributed by atoms with Crippen LogP contribution in [-0.2, 0) is 14.9 Å². The van der Waals surface area contributed by atoms with Crippen molar-refractivity contribution in [3.05, 3.63) is 68.9 Å². The third-order valence-corrected chi connectivity index (χ3v) is 6.73. The first-order valence-corrected chi connectivity index (χ1v) is 12.5. The van der Waals surface area contributed by atoms with Crippen molar-refractivity contribution in [1.82, 2.24) is 5.32 Å². The van der Waals surface area contributed by atoms with Gasteiger partial charge in [-0.05, 0) is 62.4 Å². The van der Waals surface area contributed by atoms with Crippen LogP contribution in [0.4, 0.5) is 4.39 Å². The Labute approximate surface area is 215 Å².